The molecule has 0 amide bonds. The van der Waals surface area contributed by atoms with Crippen LogP contribution in [0, 0.1) is 0 Å². The molecule has 3 aromatic rings. The number of halogens is 1. The van der Waals surface area contributed by atoms with Gasteiger partial charge in [-0.15, -0.1) is 0 Å². The molecule has 0 atom stereocenters. The molecule has 7 heteroatoms. The van der Waals surface area contributed by atoms with Crippen molar-refractivity contribution in [2.45, 2.75) is 6.92 Å². The van der Waals surface area contributed by atoms with Gasteiger partial charge in [-0.3, -0.25) is 15.0 Å². The van der Waals surface area contributed by atoms with E-state index >= 15 is 0 Å². The van der Waals surface area contributed by atoms with Gasteiger partial charge in [0.15, 0.2) is 11.6 Å². The number of allylic oxidation sites excluding steroid dienone is 4. The first-order valence-corrected chi connectivity index (χ1v) is 9.77. The van der Waals surface area contributed by atoms with E-state index in [4.69, 9.17) is 16.3 Å². The Balaban J connectivity index is 1.83. The van der Waals surface area contributed by atoms with Crippen molar-refractivity contribution in [2.75, 3.05) is 12.0 Å². The molecule has 1 heterocycles. The molecule has 0 aliphatic heterocycles. The summed E-state index contributed by atoms with van der Waals surface area (Å²) in [5.74, 6) is 0.324. The molecule has 2 aromatic carbocycles. The molecule has 0 saturated heterocycles. The van der Waals surface area contributed by atoms with Crippen LogP contribution < -0.4 is 11.0 Å². The quantitative estimate of drug-likeness (QED) is 0.627. The number of ketones is 1. The van der Waals surface area contributed by atoms with Gasteiger partial charge in [-0.1, -0.05) is 41.9 Å². The minimum absolute atomic E-state index is 0.253. The van der Waals surface area contributed by atoms with Crippen LogP contribution in [0.4, 0.5) is 0 Å². The number of carbonyl (C=O) groups is 1. The summed E-state index contributed by atoms with van der Waals surface area (Å²) in [6.45, 7) is 2.20. The molecule has 6 nitrogen and oxygen atoms in total. The number of hydrogen-bond donors (Lipinski definition) is 1. The van der Waals surface area contributed by atoms with Gasteiger partial charge in [-0.2, -0.15) is 0 Å². The van der Waals surface area contributed by atoms with Gasteiger partial charge in [0, 0.05) is 17.3 Å². The summed E-state index contributed by atoms with van der Waals surface area (Å²) in [5.41, 5.74) is 4.12. The lowest BCUT2D eigenvalue weighted by atomic mass is 10.1. The van der Waals surface area contributed by atoms with E-state index in [1.807, 2.05) is 19.1 Å². The first-order valence-electron chi connectivity index (χ1n) is 9.39. The average Bonchev–Trinajstić information content (AvgIpc) is 2.76. The molecule has 1 aliphatic rings. The number of fused-ring (bicyclic) bond motifs is 1. The second-order valence-corrected chi connectivity index (χ2v) is 6.86. The van der Waals surface area contributed by atoms with Crippen molar-refractivity contribution in [1.82, 2.24) is 9.66 Å². The summed E-state index contributed by atoms with van der Waals surface area (Å²) in [5, 5.41) is 0.901. The van der Waals surface area contributed by atoms with Gasteiger partial charge < -0.3 is 4.74 Å². The molecule has 0 fully saturated rings. The first-order chi connectivity index (χ1) is 14.6. The Morgan fingerprint density at radius 2 is 1.90 bits per heavy atom. The second kappa shape index (κ2) is 8.39. The summed E-state index contributed by atoms with van der Waals surface area (Å²) in [6, 6.07) is 14.2. The molecule has 4 rings (SSSR count). The summed E-state index contributed by atoms with van der Waals surface area (Å²) in [6.07, 6.45) is 6.44. The Hall–Kier alpha value is -3.64. The summed E-state index contributed by atoms with van der Waals surface area (Å²) in [7, 11) is 0. The van der Waals surface area contributed by atoms with Crippen LogP contribution in [0.15, 0.2) is 89.1 Å². The number of benzene rings is 2. The zero-order valence-electron chi connectivity index (χ0n) is 16.1. The van der Waals surface area contributed by atoms with E-state index in [1.54, 1.807) is 54.6 Å². The van der Waals surface area contributed by atoms with Crippen LogP contribution in [-0.2, 0) is 9.53 Å². The van der Waals surface area contributed by atoms with Gasteiger partial charge in [0.1, 0.15) is 0 Å². The maximum Gasteiger partial charge on any atom is 0.280 e. The average molecular weight is 420 g/mol. The van der Waals surface area contributed by atoms with Gasteiger partial charge >= 0.3 is 0 Å². The predicted molar refractivity (Wildman–Crippen MR) is 118 cm³/mol. The van der Waals surface area contributed by atoms with E-state index in [1.165, 1.54) is 10.9 Å². The molecule has 1 aliphatic carbocycles. The van der Waals surface area contributed by atoms with E-state index in [0.717, 1.165) is 0 Å². The Kier molecular flexibility index (Phi) is 5.50. The fourth-order valence-electron chi connectivity index (χ4n) is 3.13. The fraction of sp³-hybridized carbons (Fsp3) is 0.0870. The summed E-state index contributed by atoms with van der Waals surface area (Å²) in [4.78, 5) is 30.4. The highest BCUT2D eigenvalue weighted by Gasteiger charge is 2.18. The highest BCUT2D eigenvalue weighted by atomic mass is 35.5. The highest BCUT2D eigenvalue weighted by molar-refractivity contribution is 6.33. The normalized spacial score (nSPS) is 14.8. The van der Waals surface area contributed by atoms with Gasteiger partial charge in [0.25, 0.3) is 5.56 Å². The molecule has 1 N–H and O–H groups in total. The van der Waals surface area contributed by atoms with Crippen molar-refractivity contribution in [2.24, 2.45) is 0 Å². The van der Waals surface area contributed by atoms with Crippen molar-refractivity contribution < 1.29 is 9.53 Å². The second-order valence-electron chi connectivity index (χ2n) is 6.45. The molecule has 0 spiro atoms. The number of aromatic nitrogens is 2. The Morgan fingerprint density at radius 1 is 1.13 bits per heavy atom. The van der Waals surface area contributed by atoms with Crippen LogP contribution in [0.1, 0.15) is 6.92 Å². The largest absolute Gasteiger partial charge is 0.490 e. The lowest BCUT2D eigenvalue weighted by Gasteiger charge is -2.16. The number of ether oxygens (including phenoxy) is 1. The number of nitrogens with one attached hydrogen (secondary N) is 1. The Labute approximate surface area is 177 Å². The number of rotatable bonds is 5. The van der Waals surface area contributed by atoms with E-state index < -0.39 is 0 Å². The van der Waals surface area contributed by atoms with Gasteiger partial charge in [-0.25, -0.2) is 9.66 Å². The Morgan fingerprint density at radius 3 is 2.70 bits per heavy atom. The zero-order valence-corrected chi connectivity index (χ0v) is 16.9. The summed E-state index contributed by atoms with van der Waals surface area (Å²) < 4.78 is 6.65. The lowest BCUT2D eigenvalue weighted by molar-refractivity contribution is -0.115. The maximum atomic E-state index is 13.2. The summed E-state index contributed by atoms with van der Waals surface area (Å²) >= 11 is 6.37. The number of hydrogen-bond acceptors (Lipinski definition) is 5. The first kappa shape index (κ1) is 19.7. The van der Waals surface area contributed by atoms with Crippen molar-refractivity contribution in [3.8, 4) is 11.4 Å². The molecular formula is C23H18ClN3O3. The van der Waals surface area contributed by atoms with Gasteiger partial charge in [0.2, 0.25) is 5.78 Å². The van der Waals surface area contributed by atoms with Crippen LogP contribution in [0.25, 0.3) is 22.3 Å². The van der Waals surface area contributed by atoms with E-state index in [9.17, 15) is 9.59 Å². The number of Topliss-reactive ketones (excluding diaryl/α,β-unsaturated/α-hetero) is 1. The standard InChI is InChI=1S/C23H18ClN3O3/c1-2-30-20-13-7-8-15(21(20)28)14-25-27-22(16-9-3-5-11-18(16)24)26-19-12-6-4-10-17(19)23(27)29/h3-14,25H,2H2,1H3. The van der Waals surface area contributed by atoms with Crippen molar-refractivity contribution >= 4 is 28.3 Å². The minimum atomic E-state index is -0.305. The fourth-order valence-corrected chi connectivity index (χ4v) is 3.35. The van der Waals surface area contributed by atoms with E-state index in [0.29, 0.717) is 39.5 Å². The maximum absolute atomic E-state index is 13.2. The zero-order chi connectivity index (χ0) is 21.1. The van der Waals surface area contributed by atoms with Crippen molar-refractivity contribution in [3.05, 3.63) is 99.7 Å². The van der Waals surface area contributed by atoms with Crippen molar-refractivity contribution in [3.63, 3.8) is 0 Å². The molecule has 0 radical (unpaired) electrons. The highest BCUT2D eigenvalue weighted by Crippen LogP contribution is 2.26. The van der Waals surface area contributed by atoms with E-state index in [2.05, 4.69) is 10.4 Å². The van der Waals surface area contributed by atoms with Crippen LogP contribution in [0.2, 0.25) is 5.02 Å². The molecule has 0 saturated carbocycles. The Bertz CT molecular complexity index is 1290. The third-order valence-corrected chi connectivity index (χ3v) is 4.88. The predicted octanol–water partition coefficient (Wildman–Crippen LogP) is 4.20. The molecule has 150 valence electrons. The third kappa shape index (κ3) is 3.65. The van der Waals surface area contributed by atoms with Gasteiger partial charge in [0.05, 0.1) is 22.5 Å². The molecular weight excluding hydrogens is 402 g/mol. The van der Waals surface area contributed by atoms with Crippen LogP contribution in [0.3, 0.4) is 0 Å². The number of para-hydroxylation sites is 1. The molecule has 1 aromatic heterocycles. The SMILES string of the molecule is CCOC1=CC=CC(=CNn2c(-c3ccccc3Cl)nc3ccccc3c2=O)C1=O. The number of carbonyl (C=O) groups excluding carboxylic acids is 1. The van der Waals surface area contributed by atoms with Gasteiger partial charge in [-0.05, 0) is 43.3 Å². The van der Waals surface area contributed by atoms with Crippen LogP contribution in [-0.4, -0.2) is 22.1 Å². The lowest BCUT2D eigenvalue weighted by Crippen LogP contribution is -2.29. The monoisotopic (exact) mass is 419 g/mol. The topological polar surface area (TPSA) is 73.2 Å². The number of nitrogens with zero attached hydrogens (tertiary/aromatic N) is 2. The molecule has 30 heavy (non-hydrogen) atoms. The molecule has 0 bridgehead atoms. The van der Waals surface area contributed by atoms with Crippen LogP contribution in [0.5, 0.6) is 0 Å². The van der Waals surface area contributed by atoms with Crippen molar-refractivity contribution in [1.29, 1.82) is 0 Å². The van der Waals surface area contributed by atoms with E-state index in [-0.39, 0.29) is 17.1 Å². The van der Waals surface area contributed by atoms with Crippen LogP contribution >= 0.6 is 11.6 Å². The smallest absolute Gasteiger partial charge is 0.280 e. The molecule has 0 unspecified atom stereocenters. The third-order valence-electron chi connectivity index (χ3n) is 4.55. The minimum Gasteiger partial charge on any atom is -0.490 e.